The van der Waals surface area contributed by atoms with E-state index in [1.165, 1.54) is 0 Å². The summed E-state index contributed by atoms with van der Waals surface area (Å²) in [4.78, 5) is 16.6. The Morgan fingerprint density at radius 1 is 1.00 bits per heavy atom. The summed E-state index contributed by atoms with van der Waals surface area (Å²) in [5, 5.41) is 28.4. The molecule has 74 valence electrons. The Kier molecular flexibility index (Phi) is 82.5. The summed E-state index contributed by atoms with van der Waals surface area (Å²) in [6.45, 7) is 0. The van der Waals surface area contributed by atoms with Gasteiger partial charge in [0.25, 0.3) is 5.09 Å². The van der Waals surface area contributed by atoms with Crippen molar-refractivity contribution in [3.63, 3.8) is 0 Å². The topological polar surface area (TPSA) is 210 Å². The van der Waals surface area contributed by atoms with Crippen molar-refractivity contribution >= 4 is 0 Å². The molecule has 0 heterocycles. The molecule has 0 atom stereocenters. The Hall–Kier alpha value is -0.997. The van der Waals surface area contributed by atoms with E-state index >= 15 is 0 Å². The van der Waals surface area contributed by atoms with Gasteiger partial charge in [0.1, 0.15) is 0 Å². The van der Waals surface area contributed by atoms with Crippen molar-refractivity contribution in [2.45, 2.75) is 0 Å². The van der Waals surface area contributed by atoms with Gasteiger partial charge in [0.2, 0.25) is 0 Å². The van der Waals surface area contributed by atoms with E-state index < -0.39 is 10.2 Å². The first-order valence-electron chi connectivity index (χ1n) is 1.32. The van der Waals surface area contributed by atoms with Crippen LogP contribution >= 0.6 is 0 Å². The summed E-state index contributed by atoms with van der Waals surface area (Å²) in [5.74, 6) is 0. The Balaban J connectivity index is -0.0000000198. The summed E-state index contributed by atoms with van der Waals surface area (Å²) < 4.78 is 8.34. The molecule has 12 heteroatoms. The molecule has 0 unspecified atom stereocenters. The quantitative estimate of drug-likeness (QED) is 0.372. The van der Waals surface area contributed by atoms with Crippen molar-refractivity contribution in [3.05, 3.63) is 25.4 Å². The van der Waals surface area contributed by atoms with Gasteiger partial charge in [0.05, 0.1) is 5.09 Å². The van der Waals surface area contributed by atoms with Crippen LogP contribution in [0.25, 0.3) is 0 Å². The second kappa shape index (κ2) is 32.4. The molecule has 0 radical (unpaired) electrons. The first-order valence-corrected chi connectivity index (χ1v) is 2.32. The molecule has 0 aromatic carbocycles. The molecular formula is H5N2O9Zr-. The van der Waals surface area contributed by atoms with Crippen LogP contribution in [0.3, 0.4) is 0 Å². The third kappa shape index (κ3) is 580. The normalized spacial score (nSPS) is 4.25. The van der Waals surface area contributed by atoms with Crippen LogP contribution in [-0.2, 0) is 27.5 Å². The molecule has 12 heavy (non-hydrogen) atoms. The van der Waals surface area contributed by atoms with Crippen molar-refractivity contribution < 1.29 is 53.9 Å². The Morgan fingerprint density at radius 3 is 1.00 bits per heavy atom. The molecule has 0 saturated heterocycles. The fraction of sp³-hybridized carbons (Fsp3) is 0. The zero-order valence-corrected chi connectivity index (χ0v) is 7.75. The van der Waals surface area contributed by atoms with Crippen LogP contribution in [-0.4, -0.2) is 26.3 Å². The van der Waals surface area contributed by atoms with E-state index in [1.807, 2.05) is 0 Å². The fourth-order valence-electron chi connectivity index (χ4n) is 0. The molecule has 0 aromatic rings. The maximum atomic E-state index is 8.36. The van der Waals surface area contributed by atoms with Gasteiger partial charge in [-0.05, 0) is 0 Å². The third-order valence-corrected chi connectivity index (χ3v) is 0. The van der Waals surface area contributed by atoms with E-state index in [1.54, 1.807) is 0 Å². The van der Waals surface area contributed by atoms with Crippen LogP contribution in [0.15, 0.2) is 0 Å². The van der Waals surface area contributed by atoms with Gasteiger partial charge in [-0.2, -0.15) is 0 Å². The van der Waals surface area contributed by atoms with Crippen molar-refractivity contribution in [3.8, 4) is 0 Å². The van der Waals surface area contributed by atoms with Crippen LogP contribution in [0.1, 0.15) is 0 Å². The van der Waals surface area contributed by atoms with Gasteiger partial charge >= 0.3 is 27.5 Å². The molecule has 0 aliphatic carbocycles. The van der Waals surface area contributed by atoms with Gasteiger partial charge in [0, 0.05) is 0 Å². The minimum atomic E-state index is -1.75. The van der Waals surface area contributed by atoms with E-state index in [0.717, 1.165) is 0 Å². The predicted octanol–water partition coefficient (Wildman–Crippen LogP) is -2.36. The number of rotatable bonds is 0. The second-order valence-electron chi connectivity index (χ2n) is 0.461. The molecule has 0 saturated carbocycles. The molecule has 0 spiro atoms. The molecule has 0 amide bonds. The third-order valence-electron chi connectivity index (χ3n) is 0. The molecule has 0 aliphatic rings. The van der Waals surface area contributed by atoms with Gasteiger partial charge in [-0.15, -0.1) is 10.1 Å². The van der Waals surface area contributed by atoms with Crippen molar-refractivity contribution in [1.82, 2.24) is 0 Å². The second-order valence-corrected chi connectivity index (χ2v) is 0.461. The number of nitrogens with zero attached hydrogens (tertiary/aromatic N) is 2. The van der Waals surface area contributed by atoms with Crippen molar-refractivity contribution in [2.24, 2.45) is 0 Å². The Labute approximate surface area is 79.7 Å². The molecular weight excluding hydrogens is 263 g/mol. The Morgan fingerprint density at radius 2 is 1.00 bits per heavy atom. The summed E-state index contributed by atoms with van der Waals surface area (Å²) in [6, 6.07) is 0. The van der Waals surface area contributed by atoms with Gasteiger partial charge in [-0.3, -0.25) is 0 Å². The standard InChI is InChI=1S/HNO3.NO3.2H2O.O.Zr/c2*2-1(3)4;;;;/h(H,2,3,4);;2*1H2;;/q;-1;;;;. The summed E-state index contributed by atoms with van der Waals surface area (Å²) in [7, 11) is 0. The zero-order valence-electron chi connectivity index (χ0n) is 5.29. The van der Waals surface area contributed by atoms with E-state index in [0.29, 0.717) is 24.7 Å². The average Bonchev–Trinajstić information content (AvgIpc) is 1.66. The predicted molar refractivity (Wildman–Crippen MR) is 27.1 cm³/mol. The van der Waals surface area contributed by atoms with Crippen LogP contribution in [0.5, 0.6) is 0 Å². The van der Waals surface area contributed by atoms with Crippen LogP contribution in [0.4, 0.5) is 0 Å². The molecule has 11 nitrogen and oxygen atoms in total. The van der Waals surface area contributed by atoms with Gasteiger partial charge in [-0.1, -0.05) is 0 Å². The summed E-state index contributed by atoms with van der Waals surface area (Å²) in [5.41, 5.74) is 0. The number of hydrogen-bond acceptors (Lipinski definition) is 6. The van der Waals surface area contributed by atoms with Gasteiger partial charge in [-0.25, -0.2) is 0 Å². The van der Waals surface area contributed by atoms with Gasteiger partial charge < -0.3 is 31.5 Å². The van der Waals surface area contributed by atoms with E-state index in [4.69, 9.17) is 33.5 Å². The van der Waals surface area contributed by atoms with E-state index in [2.05, 4.69) is 0 Å². The minimum absolute atomic E-state index is 0. The Bertz CT molecular complexity index is 80.7. The number of hydrogen-bond donors (Lipinski definition) is 1. The molecule has 0 fully saturated rings. The van der Waals surface area contributed by atoms with Crippen LogP contribution < -0.4 is 0 Å². The molecule has 0 aliphatic heterocycles. The summed E-state index contributed by atoms with van der Waals surface area (Å²) in [6.07, 6.45) is 0. The zero-order chi connectivity index (χ0) is 9.15. The first-order chi connectivity index (χ1) is 4.46. The summed E-state index contributed by atoms with van der Waals surface area (Å²) >= 11 is 0.300. The molecule has 0 rings (SSSR count). The van der Waals surface area contributed by atoms with Crippen LogP contribution in [0.2, 0.25) is 0 Å². The van der Waals surface area contributed by atoms with Gasteiger partial charge in [0.15, 0.2) is 0 Å². The van der Waals surface area contributed by atoms with E-state index in [-0.39, 0.29) is 11.0 Å². The molecule has 5 N–H and O–H groups in total. The van der Waals surface area contributed by atoms with Crippen molar-refractivity contribution in [2.75, 3.05) is 0 Å². The SMILES string of the molecule is O.O.O=[N+]([O-])O.O=[N+]([O-])[O-].[O]=[Zr]. The maximum absolute atomic E-state index is 8.36. The monoisotopic (exact) mass is 267 g/mol. The van der Waals surface area contributed by atoms with Crippen molar-refractivity contribution in [1.29, 1.82) is 0 Å². The average molecular weight is 268 g/mol. The van der Waals surface area contributed by atoms with Crippen LogP contribution in [0, 0.1) is 25.4 Å². The fourth-order valence-corrected chi connectivity index (χ4v) is 0. The van der Waals surface area contributed by atoms with E-state index in [9.17, 15) is 0 Å². The molecule has 0 bridgehead atoms. The molecule has 0 aromatic heterocycles. The first kappa shape index (κ1) is 30.6.